The molecule has 0 saturated heterocycles. The standard InChI is InChI=1S/CO2.CH4.2H2O.5H2/c2-1-3;;;;;;;;/h;1H4;2*1H2;5*1H. The lowest BCUT2D eigenvalue weighted by atomic mass is 11.8. The molecule has 0 fully saturated rings. The van der Waals surface area contributed by atoms with Gasteiger partial charge in [0.25, 0.3) is 0 Å². The second-order valence-electron chi connectivity index (χ2n) is 0.0833. The van der Waals surface area contributed by atoms with E-state index in [1.54, 1.807) is 0 Å². The van der Waals surface area contributed by atoms with Crippen LogP contribution in [0.4, 0.5) is 0 Å². The van der Waals surface area contributed by atoms with Crippen LogP contribution in [-0.2, 0) is 9.59 Å². The van der Waals surface area contributed by atoms with Crippen LogP contribution in [0.2, 0.25) is 0 Å². The van der Waals surface area contributed by atoms with Crippen LogP contribution < -0.4 is 0 Å². The molecule has 4 nitrogen and oxygen atoms in total. The molecule has 0 aromatic rings. The van der Waals surface area contributed by atoms with Gasteiger partial charge >= 0.3 is 6.15 Å². The van der Waals surface area contributed by atoms with Gasteiger partial charge in [-0.05, 0) is 0 Å². The van der Waals surface area contributed by atoms with Gasteiger partial charge in [0.15, 0.2) is 0 Å². The van der Waals surface area contributed by atoms with Crippen LogP contribution in [0.5, 0.6) is 0 Å². The highest BCUT2D eigenvalue weighted by Gasteiger charge is 1.13. The van der Waals surface area contributed by atoms with Gasteiger partial charge in [0.05, 0.1) is 0 Å². The maximum absolute atomic E-state index is 8.12. The molecule has 0 rings (SSSR count). The topological polar surface area (TPSA) is 97.1 Å². The van der Waals surface area contributed by atoms with Gasteiger partial charge in [0.1, 0.15) is 0 Å². The minimum atomic E-state index is 0. The summed E-state index contributed by atoms with van der Waals surface area (Å²) in [6, 6.07) is 0. The fourth-order valence-electron chi connectivity index (χ4n) is 0. The van der Waals surface area contributed by atoms with Gasteiger partial charge in [-0.25, -0.2) is 0 Å². The second-order valence-corrected chi connectivity index (χ2v) is 0.0833. The third kappa shape index (κ3) is 35.6. The van der Waals surface area contributed by atoms with Gasteiger partial charge in [-0.1, -0.05) is 7.43 Å². The smallest absolute Gasteiger partial charge is 0.373 e. The molecule has 0 bridgehead atoms. The average molecular weight is 106 g/mol. The van der Waals surface area contributed by atoms with E-state index >= 15 is 0 Å². The largest absolute Gasteiger partial charge is 0.412 e. The van der Waals surface area contributed by atoms with Crippen molar-refractivity contribution in [3.63, 3.8) is 0 Å². The van der Waals surface area contributed by atoms with E-state index < -0.39 is 0 Å². The van der Waals surface area contributed by atoms with Crippen molar-refractivity contribution in [1.82, 2.24) is 0 Å². The van der Waals surface area contributed by atoms with Gasteiger partial charge in [-0.15, -0.1) is 0 Å². The molecule has 0 heterocycles. The molecular formula is C2H18O4. The molecule has 0 aromatic heterocycles. The maximum atomic E-state index is 8.12. The predicted octanol–water partition coefficient (Wildman–Crippen LogP) is -0.367. The highest BCUT2D eigenvalue weighted by Crippen LogP contribution is 0.787. The molecule has 4 N–H and O–H groups in total. The normalized spacial score (nSPS) is 1.33. The van der Waals surface area contributed by atoms with Gasteiger partial charge in [-0.2, -0.15) is 9.59 Å². The van der Waals surface area contributed by atoms with Gasteiger partial charge in [-0.3, -0.25) is 0 Å². The van der Waals surface area contributed by atoms with E-state index in [1.165, 1.54) is 0 Å². The Kier molecular flexibility index (Phi) is 5030. The highest BCUT2D eigenvalue weighted by atomic mass is 16.2. The quantitative estimate of drug-likeness (QED) is 0.421. The van der Waals surface area contributed by atoms with Crippen molar-refractivity contribution in [2.75, 3.05) is 0 Å². The third-order valence-electron chi connectivity index (χ3n) is 0. The Morgan fingerprint density at radius 3 is 1.17 bits per heavy atom. The van der Waals surface area contributed by atoms with Crippen molar-refractivity contribution in [2.24, 2.45) is 0 Å². The van der Waals surface area contributed by atoms with E-state index in [9.17, 15) is 0 Å². The minimum absolute atomic E-state index is 0. The Morgan fingerprint density at radius 1 is 1.17 bits per heavy atom. The second kappa shape index (κ2) is 520. The number of hydrogen-bond acceptors (Lipinski definition) is 2. The van der Waals surface area contributed by atoms with Gasteiger partial charge in [0.2, 0.25) is 0 Å². The van der Waals surface area contributed by atoms with Crippen molar-refractivity contribution in [3.8, 4) is 0 Å². The fourth-order valence-corrected chi connectivity index (χ4v) is 0. The maximum Gasteiger partial charge on any atom is 0.373 e. The van der Waals surface area contributed by atoms with Crippen molar-refractivity contribution in [1.29, 1.82) is 0 Å². The molecule has 0 unspecified atom stereocenters. The molecule has 0 aliphatic rings. The monoisotopic (exact) mass is 106 g/mol. The van der Waals surface area contributed by atoms with Crippen LogP contribution in [0.25, 0.3) is 0 Å². The summed E-state index contributed by atoms with van der Waals surface area (Å²) in [5.41, 5.74) is 0. The zero-order valence-corrected chi connectivity index (χ0v) is 2.32. The van der Waals surface area contributed by atoms with E-state index in [2.05, 4.69) is 0 Å². The molecule has 0 radical (unpaired) electrons. The zero-order chi connectivity index (χ0) is 2.71. The summed E-state index contributed by atoms with van der Waals surface area (Å²) in [5.74, 6) is 0. The summed E-state index contributed by atoms with van der Waals surface area (Å²) in [4.78, 5) is 16.2. The van der Waals surface area contributed by atoms with Crippen LogP contribution in [0.1, 0.15) is 14.6 Å². The summed E-state index contributed by atoms with van der Waals surface area (Å²) < 4.78 is 0. The van der Waals surface area contributed by atoms with E-state index in [-0.39, 0.29) is 31.7 Å². The highest BCUT2D eigenvalue weighted by molar-refractivity contribution is 5.20. The van der Waals surface area contributed by atoms with Crippen LogP contribution in [0.3, 0.4) is 0 Å². The molecule has 0 aliphatic carbocycles. The van der Waals surface area contributed by atoms with Crippen LogP contribution in [0.15, 0.2) is 0 Å². The van der Waals surface area contributed by atoms with Crippen molar-refractivity contribution >= 4 is 6.15 Å². The molecule has 0 atom stereocenters. The molecule has 4 heteroatoms. The van der Waals surface area contributed by atoms with E-state index in [1.807, 2.05) is 0 Å². The number of carbonyl (C=O) groups excluding carboxylic acids is 2. The van der Waals surface area contributed by atoms with Crippen LogP contribution >= 0.6 is 0 Å². The first-order valence-electron chi connectivity index (χ1n) is 0.408. The summed E-state index contributed by atoms with van der Waals surface area (Å²) in [6.07, 6.45) is 0.250. The molecule has 0 aliphatic heterocycles. The summed E-state index contributed by atoms with van der Waals surface area (Å²) in [7, 11) is 0. The van der Waals surface area contributed by atoms with Crippen molar-refractivity contribution in [3.05, 3.63) is 0 Å². The Bertz CT molecular complexity index is 37.5. The first-order chi connectivity index (χ1) is 1.41. The molecule has 0 aromatic carbocycles. The molecule has 0 saturated carbocycles. The summed E-state index contributed by atoms with van der Waals surface area (Å²) >= 11 is 0. The van der Waals surface area contributed by atoms with Gasteiger partial charge < -0.3 is 11.0 Å². The lowest BCUT2D eigenvalue weighted by molar-refractivity contribution is -0.191. The van der Waals surface area contributed by atoms with Gasteiger partial charge in [0, 0.05) is 7.13 Å². The van der Waals surface area contributed by atoms with E-state index in [4.69, 9.17) is 9.59 Å². The third-order valence-corrected chi connectivity index (χ3v) is 0. The summed E-state index contributed by atoms with van der Waals surface area (Å²) in [5, 5.41) is 0. The van der Waals surface area contributed by atoms with Crippen molar-refractivity contribution < 1.29 is 27.7 Å². The first kappa shape index (κ1) is 58.0. The first-order valence-corrected chi connectivity index (χ1v) is 0.408. The molecule has 0 amide bonds. The predicted molar refractivity (Wildman–Crippen MR) is 29.5 cm³/mol. The molecule has 50 valence electrons. The molecular weight excluding hydrogens is 88.0 g/mol. The van der Waals surface area contributed by atoms with Crippen LogP contribution in [-0.4, -0.2) is 17.1 Å². The fraction of sp³-hybridized carbons (Fsp3) is 0.500. The molecule has 6 heavy (non-hydrogen) atoms. The Balaban J connectivity index is -0.000000000714. The lowest BCUT2D eigenvalue weighted by Gasteiger charge is -0.945. The Hall–Kier alpha value is -0.700. The minimum Gasteiger partial charge on any atom is -0.412 e. The van der Waals surface area contributed by atoms with Crippen LogP contribution in [0, 0.1) is 0 Å². The van der Waals surface area contributed by atoms with Crippen molar-refractivity contribution in [2.45, 2.75) is 7.43 Å². The lowest BCUT2D eigenvalue weighted by Crippen LogP contribution is -1.22. The molecule has 0 spiro atoms. The summed E-state index contributed by atoms with van der Waals surface area (Å²) in [6.45, 7) is 0. The number of rotatable bonds is 0. The Labute approximate surface area is 42.8 Å². The number of hydrogen-bond donors (Lipinski definition) is 0. The van der Waals surface area contributed by atoms with E-state index in [0.717, 1.165) is 0 Å². The van der Waals surface area contributed by atoms with E-state index in [0.29, 0.717) is 0 Å². The Morgan fingerprint density at radius 2 is 1.17 bits per heavy atom. The zero-order valence-electron chi connectivity index (χ0n) is 2.32. The SMILES string of the molecule is C.O.O.O=C=O.[HH].[HH].[HH].[HH].[HH]. The average Bonchev–Trinajstić information content (AvgIpc) is 0.918.